The number of sulfone groups is 1. The lowest BCUT2D eigenvalue weighted by molar-refractivity contribution is 0.315. The molecule has 0 aromatic heterocycles. The van der Waals surface area contributed by atoms with Crippen molar-refractivity contribution in [3.05, 3.63) is 29.6 Å². The van der Waals surface area contributed by atoms with E-state index in [4.69, 9.17) is 4.74 Å². The smallest absolute Gasteiger partial charge is 0.150 e. The summed E-state index contributed by atoms with van der Waals surface area (Å²) in [6, 6.07) is 4.53. The van der Waals surface area contributed by atoms with Crippen LogP contribution in [0, 0.1) is 5.82 Å². The third-order valence-corrected chi connectivity index (χ3v) is 4.61. The molecule has 114 valence electrons. The van der Waals surface area contributed by atoms with E-state index in [0.717, 1.165) is 12.1 Å². The number of hydrogen-bond donors (Lipinski definition) is 1. The number of rotatable bonds is 9. The van der Waals surface area contributed by atoms with Gasteiger partial charge in [-0.05, 0) is 30.7 Å². The molecule has 6 heteroatoms. The molecular weight excluding hydrogens is 281 g/mol. The van der Waals surface area contributed by atoms with Crippen molar-refractivity contribution in [2.75, 3.05) is 24.7 Å². The van der Waals surface area contributed by atoms with Crippen LogP contribution < -0.4 is 10.1 Å². The fourth-order valence-electron chi connectivity index (χ4n) is 1.69. The van der Waals surface area contributed by atoms with E-state index in [2.05, 4.69) is 5.32 Å². The van der Waals surface area contributed by atoms with Gasteiger partial charge in [0.2, 0.25) is 0 Å². The van der Waals surface area contributed by atoms with E-state index < -0.39 is 9.84 Å². The summed E-state index contributed by atoms with van der Waals surface area (Å²) in [7, 11) is -2.97. The minimum atomic E-state index is -2.97. The van der Waals surface area contributed by atoms with Gasteiger partial charge in [0.15, 0.2) is 0 Å². The van der Waals surface area contributed by atoms with Crippen molar-refractivity contribution in [3.8, 4) is 5.75 Å². The first kappa shape index (κ1) is 16.9. The van der Waals surface area contributed by atoms with E-state index in [-0.39, 0.29) is 23.9 Å². The Bertz CT molecular complexity index is 517. The van der Waals surface area contributed by atoms with Crippen molar-refractivity contribution in [3.63, 3.8) is 0 Å². The Morgan fingerprint density at radius 1 is 1.25 bits per heavy atom. The van der Waals surface area contributed by atoms with Gasteiger partial charge in [0.1, 0.15) is 21.4 Å². The maximum Gasteiger partial charge on any atom is 0.150 e. The van der Waals surface area contributed by atoms with Crippen molar-refractivity contribution in [2.45, 2.75) is 26.8 Å². The summed E-state index contributed by atoms with van der Waals surface area (Å²) in [6.45, 7) is 5.25. The van der Waals surface area contributed by atoms with Crippen LogP contribution in [0.1, 0.15) is 25.8 Å². The number of hydrogen-bond acceptors (Lipinski definition) is 4. The molecule has 0 radical (unpaired) electrons. The van der Waals surface area contributed by atoms with Gasteiger partial charge >= 0.3 is 0 Å². The van der Waals surface area contributed by atoms with Crippen LogP contribution in [-0.2, 0) is 16.4 Å². The molecule has 0 amide bonds. The lowest BCUT2D eigenvalue weighted by Crippen LogP contribution is -2.13. The van der Waals surface area contributed by atoms with Crippen LogP contribution >= 0.6 is 0 Å². The Hall–Kier alpha value is -1.14. The zero-order valence-electron chi connectivity index (χ0n) is 12.0. The SMILES string of the molecule is CCNCc1cc(F)cc(OCCCS(=O)(=O)CC)c1. The van der Waals surface area contributed by atoms with Gasteiger partial charge < -0.3 is 10.1 Å². The van der Waals surface area contributed by atoms with Gasteiger partial charge in [-0.25, -0.2) is 12.8 Å². The summed E-state index contributed by atoms with van der Waals surface area (Å²) in [5.41, 5.74) is 0.808. The fraction of sp³-hybridized carbons (Fsp3) is 0.571. The third-order valence-electron chi connectivity index (χ3n) is 2.82. The quantitative estimate of drug-likeness (QED) is 0.710. The molecule has 0 aliphatic rings. The highest BCUT2D eigenvalue weighted by Crippen LogP contribution is 2.16. The number of nitrogens with one attached hydrogen (secondary N) is 1. The number of benzene rings is 1. The zero-order valence-corrected chi connectivity index (χ0v) is 12.8. The molecule has 4 nitrogen and oxygen atoms in total. The van der Waals surface area contributed by atoms with Crippen molar-refractivity contribution >= 4 is 9.84 Å². The summed E-state index contributed by atoms with van der Waals surface area (Å²) >= 11 is 0. The second-order valence-corrected chi connectivity index (χ2v) is 6.99. The van der Waals surface area contributed by atoms with Crippen LogP contribution in [0.3, 0.4) is 0 Å². The highest BCUT2D eigenvalue weighted by molar-refractivity contribution is 7.91. The average Bonchev–Trinajstić information content (AvgIpc) is 2.41. The van der Waals surface area contributed by atoms with Crippen LogP contribution in [0.4, 0.5) is 4.39 Å². The van der Waals surface area contributed by atoms with E-state index in [0.29, 0.717) is 18.7 Å². The maximum atomic E-state index is 13.4. The molecule has 20 heavy (non-hydrogen) atoms. The molecule has 0 unspecified atom stereocenters. The van der Waals surface area contributed by atoms with E-state index in [1.807, 2.05) is 6.92 Å². The fourth-order valence-corrected chi connectivity index (χ4v) is 2.54. The summed E-state index contributed by atoms with van der Waals surface area (Å²) in [5, 5.41) is 3.11. The van der Waals surface area contributed by atoms with Crippen molar-refractivity contribution in [2.24, 2.45) is 0 Å². The predicted molar refractivity (Wildman–Crippen MR) is 78.2 cm³/mol. The number of halogens is 1. The molecule has 0 atom stereocenters. The summed E-state index contributed by atoms with van der Waals surface area (Å²) in [4.78, 5) is 0. The van der Waals surface area contributed by atoms with Crippen molar-refractivity contribution in [1.29, 1.82) is 0 Å². The first-order chi connectivity index (χ1) is 9.46. The largest absolute Gasteiger partial charge is 0.493 e. The van der Waals surface area contributed by atoms with E-state index in [9.17, 15) is 12.8 Å². The van der Waals surface area contributed by atoms with Crippen LogP contribution in [-0.4, -0.2) is 33.1 Å². The Morgan fingerprint density at radius 3 is 2.65 bits per heavy atom. The Kier molecular flexibility index (Phi) is 6.95. The van der Waals surface area contributed by atoms with Crippen LogP contribution in [0.25, 0.3) is 0 Å². The Balaban J connectivity index is 2.49. The molecule has 0 aliphatic heterocycles. The Labute approximate surface area is 120 Å². The standard InChI is InChI=1S/C14H22FNO3S/c1-3-16-11-12-8-13(15)10-14(9-12)19-6-5-7-20(17,18)4-2/h8-10,16H,3-7,11H2,1-2H3. The second-order valence-electron chi connectivity index (χ2n) is 4.51. The molecule has 1 N–H and O–H groups in total. The lowest BCUT2D eigenvalue weighted by atomic mass is 10.2. The molecule has 0 bridgehead atoms. The maximum absolute atomic E-state index is 13.4. The molecule has 0 aliphatic carbocycles. The van der Waals surface area contributed by atoms with E-state index in [1.165, 1.54) is 12.1 Å². The molecule has 0 spiro atoms. The van der Waals surface area contributed by atoms with Gasteiger partial charge in [0.05, 0.1) is 12.4 Å². The molecular formula is C14H22FNO3S. The second kappa shape index (κ2) is 8.21. The average molecular weight is 303 g/mol. The minimum absolute atomic E-state index is 0.100. The predicted octanol–water partition coefficient (Wildman–Crippen LogP) is 2.14. The normalized spacial score (nSPS) is 11.6. The minimum Gasteiger partial charge on any atom is -0.493 e. The third kappa shape index (κ3) is 6.34. The molecule has 0 fully saturated rings. The van der Waals surface area contributed by atoms with Crippen LogP contribution in [0.5, 0.6) is 5.75 Å². The van der Waals surface area contributed by atoms with E-state index in [1.54, 1.807) is 13.0 Å². The van der Waals surface area contributed by atoms with Crippen LogP contribution in [0.15, 0.2) is 18.2 Å². The van der Waals surface area contributed by atoms with Gasteiger partial charge in [0, 0.05) is 18.4 Å². The zero-order chi connectivity index (χ0) is 15.0. The summed E-state index contributed by atoms with van der Waals surface area (Å²) < 4.78 is 41.4. The highest BCUT2D eigenvalue weighted by atomic mass is 32.2. The first-order valence-corrected chi connectivity index (χ1v) is 8.62. The molecule has 0 saturated heterocycles. The molecule has 0 heterocycles. The topological polar surface area (TPSA) is 55.4 Å². The summed E-state index contributed by atoms with van der Waals surface area (Å²) in [6.07, 6.45) is 0.412. The highest BCUT2D eigenvalue weighted by Gasteiger charge is 2.07. The van der Waals surface area contributed by atoms with E-state index >= 15 is 0 Å². The number of ether oxygens (including phenoxy) is 1. The molecule has 1 rings (SSSR count). The van der Waals surface area contributed by atoms with Gasteiger partial charge in [-0.15, -0.1) is 0 Å². The van der Waals surface area contributed by atoms with Crippen molar-refractivity contribution in [1.82, 2.24) is 5.32 Å². The summed E-state index contributed by atoms with van der Waals surface area (Å²) in [5.74, 6) is 0.325. The van der Waals surface area contributed by atoms with Gasteiger partial charge in [-0.1, -0.05) is 13.8 Å². The Morgan fingerprint density at radius 2 is 2.00 bits per heavy atom. The lowest BCUT2D eigenvalue weighted by Gasteiger charge is -2.09. The van der Waals surface area contributed by atoms with Crippen molar-refractivity contribution < 1.29 is 17.5 Å². The first-order valence-electron chi connectivity index (χ1n) is 6.80. The molecule has 0 saturated carbocycles. The van der Waals surface area contributed by atoms with Crippen LogP contribution in [0.2, 0.25) is 0 Å². The van der Waals surface area contributed by atoms with Gasteiger partial charge in [-0.2, -0.15) is 0 Å². The molecule has 1 aromatic rings. The monoisotopic (exact) mass is 303 g/mol. The van der Waals surface area contributed by atoms with Gasteiger partial charge in [-0.3, -0.25) is 0 Å². The van der Waals surface area contributed by atoms with Gasteiger partial charge in [0.25, 0.3) is 0 Å². The molecule has 1 aromatic carbocycles.